The molecule has 0 saturated carbocycles. The first-order valence-corrected chi connectivity index (χ1v) is 8.38. The number of amides is 1. The van der Waals surface area contributed by atoms with Crippen molar-refractivity contribution in [2.45, 2.75) is 25.4 Å². The number of aromatic nitrogens is 1. The summed E-state index contributed by atoms with van der Waals surface area (Å²) in [6, 6.07) is 12.4. The van der Waals surface area contributed by atoms with Gasteiger partial charge in [-0.3, -0.25) is 14.7 Å². The zero-order chi connectivity index (χ0) is 16.9. The molecule has 1 aliphatic rings. The highest BCUT2D eigenvalue weighted by atomic mass is 35.5. The fourth-order valence-electron chi connectivity index (χ4n) is 3.25. The first kappa shape index (κ1) is 22.2. The molecule has 0 spiro atoms. The van der Waals surface area contributed by atoms with Crippen molar-refractivity contribution in [2.75, 3.05) is 25.9 Å². The van der Waals surface area contributed by atoms with Crippen LogP contribution < -0.4 is 5.73 Å². The molecule has 2 aromatic rings. The van der Waals surface area contributed by atoms with Crippen molar-refractivity contribution < 1.29 is 4.79 Å². The third-order valence-corrected chi connectivity index (χ3v) is 4.76. The number of halogens is 2. The molecule has 0 radical (unpaired) electrons. The Labute approximate surface area is 167 Å². The molecule has 2 heterocycles. The van der Waals surface area contributed by atoms with E-state index in [2.05, 4.69) is 34.1 Å². The summed E-state index contributed by atoms with van der Waals surface area (Å²) in [5.41, 5.74) is 8.22. The van der Waals surface area contributed by atoms with E-state index in [4.69, 9.17) is 5.73 Å². The van der Waals surface area contributed by atoms with E-state index in [1.165, 1.54) is 5.56 Å². The van der Waals surface area contributed by atoms with E-state index in [1.54, 1.807) is 18.5 Å². The lowest BCUT2D eigenvalue weighted by atomic mass is 10.0. The van der Waals surface area contributed by atoms with E-state index in [0.29, 0.717) is 11.3 Å². The zero-order valence-electron chi connectivity index (χ0n) is 14.9. The van der Waals surface area contributed by atoms with E-state index in [0.717, 1.165) is 32.5 Å². The maximum Gasteiger partial charge on any atom is 0.257 e. The normalized spacial score (nSPS) is 14.8. The predicted octanol–water partition coefficient (Wildman–Crippen LogP) is 3.24. The van der Waals surface area contributed by atoms with Gasteiger partial charge < -0.3 is 10.6 Å². The van der Waals surface area contributed by atoms with Gasteiger partial charge in [0.05, 0.1) is 5.56 Å². The van der Waals surface area contributed by atoms with Crippen LogP contribution in [0.2, 0.25) is 0 Å². The lowest BCUT2D eigenvalue weighted by Gasteiger charge is -2.36. The molecule has 0 atom stereocenters. The van der Waals surface area contributed by atoms with Crippen molar-refractivity contribution in [1.29, 1.82) is 0 Å². The monoisotopic (exact) mass is 396 g/mol. The SMILES string of the molecule is CN(C(=O)c1cnccc1N)C1CCN(Cc2ccccc2)CC1.Cl.Cl. The number of hydrogen-bond donors (Lipinski definition) is 1. The number of anilines is 1. The van der Waals surface area contributed by atoms with Crippen molar-refractivity contribution in [3.63, 3.8) is 0 Å². The molecular formula is C19H26Cl2N4O. The Kier molecular flexibility index (Phi) is 8.85. The van der Waals surface area contributed by atoms with Crippen LogP contribution in [0.5, 0.6) is 0 Å². The van der Waals surface area contributed by atoms with Crippen molar-refractivity contribution in [1.82, 2.24) is 14.8 Å². The molecule has 142 valence electrons. The maximum absolute atomic E-state index is 12.6. The largest absolute Gasteiger partial charge is 0.398 e. The first-order chi connectivity index (χ1) is 11.6. The molecule has 1 aromatic carbocycles. The number of nitrogens with two attached hydrogens (primary N) is 1. The summed E-state index contributed by atoms with van der Waals surface area (Å²) >= 11 is 0. The summed E-state index contributed by atoms with van der Waals surface area (Å²) in [6.07, 6.45) is 5.12. The van der Waals surface area contributed by atoms with Gasteiger partial charge in [0.25, 0.3) is 5.91 Å². The molecular weight excluding hydrogens is 371 g/mol. The van der Waals surface area contributed by atoms with E-state index < -0.39 is 0 Å². The Bertz CT molecular complexity index is 691. The number of pyridine rings is 1. The number of piperidine rings is 1. The highest BCUT2D eigenvalue weighted by Crippen LogP contribution is 2.20. The summed E-state index contributed by atoms with van der Waals surface area (Å²) in [6.45, 7) is 2.97. The van der Waals surface area contributed by atoms with Gasteiger partial charge in [-0.1, -0.05) is 30.3 Å². The predicted molar refractivity (Wildman–Crippen MR) is 110 cm³/mol. The fraction of sp³-hybridized carbons (Fsp3) is 0.368. The number of nitrogen functional groups attached to an aromatic ring is 1. The minimum atomic E-state index is -0.0397. The molecule has 3 rings (SSSR count). The Morgan fingerprint density at radius 1 is 1.19 bits per heavy atom. The quantitative estimate of drug-likeness (QED) is 0.861. The van der Waals surface area contributed by atoms with E-state index >= 15 is 0 Å². The molecule has 0 bridgehead atoms. The summed E-state index contributed by atoms with van der Waals surface area (Å²) in [4.78, 5) is 20.9. The second kappa shape index (κ2) is 10.4. The Morgan fingerprint density at radius 2 is 1.85 bits per heavy atom. The summed E-state index contributed by atoms with van der Waals surface area (Å²) in [5, 5.41) is 0. The van der Waals surface area contributed by atoms with Crippen molar-refractivity contribution >= 4 is 36.4 Å². The molecule has 7 heteroatoms. The highest BCUT2D eigenvalue weighted by molar-refractivity contribution is 5.98. The van der Waals surface area contributed by atoms with Crippen molar-refractivity contribution in [2.24, 2.45) is 0 Å². The lowest BCUT2D eigenvalue weighted by Crippen LogP contribution is -2.45. The van der Waals surface area contributed by atoms with Crippen LogP contribution in [0.1, 0.15) is 28.8 Å². The fourth-order valence-corrected chi connectivity index (χ4v) is 3.25. The molecule has 5 nitrogen and oxygen atoms in total. The van der Waals surface area contributed by atoms with Crippen LogP contribution in [-0.2, 0) is 6.54 Å². The second-order valence-electron chi connectivity index (χ2n) is 6.37. The van der Waals surface area contributed by atoms with Crippen molar-refractivity contribution in [3.8, 4) is 0 Å². The van der Waals surface area contributed by atoms with Gasteiger partial charge >= 0.3 is 0 Å². The number of likely N-dealkylation sites (tertiary alicyclic amines) is 1. The summed E-state index contributed by atoms with van der Waals surface area (Å²) in [5.74, 6) is -0.0397. The average molecular weight is 397 g/mol. The maximum atomic E-state index is 12.6. The van der Waals surface area contributed by atoms with Gasteiger partial charge in [0.2, 0.25) is 0 Å². The molecule has 1 saturated heterocycles. The number of rotatable bonds is 4. The molecule has 26 heavy (non-hydrogen) atoms. The summed E-state index contributed by atoms with van der Waals surface area (Å²) in [7, 11) is 1.87. The number of nitrogens with zero attached hydrogens (tertiary/aromatic N) is 3. The molecule has 1 aliphatic heterocycles. The van der Waals surface area contributed by atoms with Crippen molar-refractivity contribution in [3.05, 3.63) is 59.9 Å². The number of benzene rings is 1. The van der Waals surface area contributed by atoms with Crippen LogP contribution in [0, 0.1) is 0 Å². The number of hydrogen-bond acceptors (Lipinski definition) is 4. The number of carbonyl (C=O) groups excluding carboxylic acids is 1. The topological polar surface area (TPSA) is 62.5 Å². The van der Waals surface area contributed by atoms with E-state index in [9.17, 15) is 4.79 Å². The molecule has 0 unspecified atom stereocenters. The van der Waals surface area contributed by atoms with Crippen LogP contribution in [0.3, 0.4) is 0 Å². The van der Waals surface area contributed by atoms with Gasteiger partial charge in [-0.15, -0.1) is 24.8 Å². The molecule has 1 aromatic heterocycles. The third-order valence-electron chi connectivity index (χ3n) is 4.76. The Balaban J connectivity index is 0.00000169. The van der Waals surface area contributed by atoms with Gasteiger partial charge in [0.1, 0.15) is 0 Å². The smallest absolute Gasteiger partial charge is 0.257 e. The van der Waals surface area contributed by atoms with Crippen LogP contribution in [-0.4, -0.2) is 46.9 Å². The molecule has 2 N–H and O–H groups in total. The van der Waals surface area contributed by atoms with Gasteiger partial charge in [-0.25, -0.2) is 0 Å². The zero-order valence-corrected chi connectivity index (χ0v) is 16.5. The second-order valence-corrected chi connectivity index (χ2v) is 6.37. The van der Waals surface area contributed by atoms with Gasteiger partial charge in [-0.2, -0.15) is 0 Å². The standard InChI is InChI=1S/C19H24N4O.2ClH/c1-22(19(24)17-13-21-10-7-18(17)20)16-8-11-23(12-9-16)14-15-5-3-2-4-6-15;;/h2-7,10,13,16H,8-9,11-12,14H2,1H3,(H2,20,21);2*1H. The molecule has 1 amide bonds. The molecule has 1 fully saturated rings. The first-order valence-electron chi connectivity index (χ1n) is 8.38. The minimum Gasteiger partial charge on any atom is -0.398 e. The molecule has 0 aliphatic carbocycles. The van der Waals surface area contributed by atoms with Crippen LogP contribution >= 0.6 is 24.8 Å². The number of carbonyl (C=O) groups is 1. The lowest BCUT2D eigenvalue weighted by molar-refractivity contribution is 0.0637. The minimum absolute atomic E-state index is 0. The van der Waals surface area contributed by atoms with Gasteiger partial charge in [0, 0.05) is 50.8 Å². The van der Waals surface area contributed by atoms with E-state index in [-0.39, 0.29) is 36.8 Å². The third kappa shape index (κ3) is 5.34. The van der Waals surface area contributed by atoms with Crippen LogP contribution in [0.4, 0.5) is 5.69 Å². The summed E-state index contributed by atoms with van der Waals surface area (Å²) < 4.78 is 0. The Hall–Kier alpha value is -1.82. The van der Waals surface area contributed by atoms with E-state index in [1.807, 2.05) is 18.0 Å². The Morgan fingerprint density at radius 3 is 2.46 bits per heavy atom. The van der Waals surface area contributed by atoms with Gasteiger partial charge in [0.15, 0.2) is 0 Å². The van der Waals surface area contributed by atoms with Gasteiger partial charge in [-0.05, 0) is 24.5 Å². The average Bonchev–Trinajstić information content (AvgIpc) is 2.62. The van der Waals surface area contributed by atoms with Crippen LogP contribution in [0.25, 0.3) is 0 Å². The highest BCUT2D eigenvalue weighted by Gasteiger charge is 2.26. The van der Waals surface area contributed by atoms with Crippen LogP contribution in [0.15, 0.2) is 48.8 Å².